The monoisotopic (exact) mass is 214 g/mol. The third-order valence-electron chi connectivity index (χ3n) is 2.41. The molecular formula is C12H26N2O. The third kappa shape index (κ3) is 9.73. The quantitative estimate of drug-likeness (QED) is 0.596. The minimum atomic E-state index is 0.189. The first-order valence-corrected chi connectivity index (χ1v) is 6.16. The van der Waals surface area contributed by atoms with Gasteiger partial charge in [0.2, 0.25) is 5.91 Å². The van der Waals surface area contributed by atoms with E-state index in [2.05, 4.69) is 24.2 Å². The molecule has 0 aliphatic rings. The van der Waals surface area contributed by atoms with Gasteiger partial charge < -0.3 is 10.2 Å². The summed E-state index contributed by atoms with van der Waals surface area (Å²) < 4.78 is 0. The average Bonchev–Trinajstić information content (AvgIpc) is 2.22. The van der Waals surface area contributed by atoms with Crippen molar-refractivity contribution in [2.75, 3.05) is 26.7 Å². The minimum Gasteiger partial charge on any atom is -0.356 e. The van der Waals surface area contributed by atoms with Crippen LogP contribution in [-0.4, -0.2) is 37.5 Å². The standard InChI is InChI=1S/C12H26N2O/c1-4-6-10-14(3)11-7-9-13-12(15)8-5-2/h4-11H2,1-3H3,(H,13,15). The number of hydrogen-bond acceptors (Lipinski definition) is 2. The van der Waals surface area contributed by atoms with Gasteiger partial charge >= 0.3 is 0 Å². The Kier molecular flexibility index (Phi) is 9.59. The van der Waals surface area contributed by atoms with Gasteiger partial charge in [-0.1, -0.05) is 20.3 Å². The largest absolute Gasteiger partial charge is 0.356 e. The molecule has 15 heavy (non-hydrogen) atoms. The normalized spacial score (nSPS) is 10.7. The highest BCUT2D eigenvalue weighted by Crippen LogP contribution is 1.93. The summed E-state index contributed by atoms with van der Waals surface area (Å²) in [5, 5.41) is 2.93. The van der Waals surface area contributed by atoms with E-state index in [9.17, 15) is 4.79 Å². The summed E-state index contributed by atoms with van der Waals surface area (Å²) in [5.74, 6) is 0.189. The van der Waals surface area contributed by atoms with E-state index in [4.69, 9.17) is 0 Å². The second kappa shape index (κ2) is 9.97. The highest BCUT2D eigenvalue weighted by Gasteiger charge is 1.99. The van der Waals surface area contributed by atoms with Gasteiger partial charge in [-0.05, 0) is 39.4 Å². The molecule has 0 aromatic rings. The van der Waals surface area contributed by atoms with Crippen LogP contribution in [0.2, 0.25) is 0 Å². The van der Waals surface area contributed by atoms with Gasteiger partial charge in [0.15, 0.2) is 0 Å². The number of carbonyl (C=O) groups excluding carboxylic acids is 1. The molecule has 0 aliphatic heterocycles. The second-order valence-electron chi connectivity index (χ2n) is 4.11. The first-order chi connectivity index (χ1) is 7.20. The maximum Gasteiger partial charge on any atom is 0.219 e. The molecule has 1 amide bonds. The fourth-order valence-corrected chi connectivity index (χ4v) is 1.43. The van der Waals surface area contributed by atoms with Gasteiger partial charge in [-0.15, -0.1) is 0 Å². The molecule has 0 rings (SSSR count). The fraction of sp³-hybridized carbons (Fsp3) is 0.917. The van der Waals surface area contributed by atoms with Crippen molar-refractivity contribution in [3.05, 3.63) is 0 Å². The van der Waals surface area contributed by atoms with Crippen molar-refractivity contribution in [3.63, 3.8) is 0 Å². The summed E-state index contributed by atoms with van der Waals surface area (Å²) in [6.45, 7) is 7.29. The highest BCUT2D eigenvalue weighted by molar-refractivity contribution is 5.75. The smallest absolute Gasteiger partial charge is 0.219 e. The molecule has 3 heteroatoms. The second-order valence-corrected chi connectivity index (χ2v) is 4.11. The Balaban J connectivity index is 3.26. The van der Waals surface area contributed by atoms with Crippen molar-refractivity contribution < 1.29 is 4.79 Å². The molecule has 0 aliphatic carbocycles. The number of hydrogen-bond donors (Lipinski definition) is 1. The van der Waals surface area contributed by atoms with Crippen molar-refractivity contribution in [2.24, 2.45) is 0 Å². The first kappa shape index (κ1) is 14.4. The van der Waals surface area contributed by atoms with Gasteiger partial charge in [-0.25, -0.2) is 0 Å². The predicted octanol–water partition coefficient (Wildman–Crippen LogP) is 2.02. The van der Waals surface area contributed by atoms with Crippen LogP contribution < -0.4 is 5.32 Å². The molecule has 3 nitrogen and oxygen atoms in total. The van der Waals surface area contributed by atoms with Crippen LogP contribution in [0.5, 0.6) is 0 Å². The Morgan fingerprint density at radius 2 is 1.80 bits per heavy atom. The zero-order valence-electron chi connectivity index (χ0n) is 10.5. The average molecular weight is 214 g/mol. The van der Waals surface area contributed by atoms with Crippen LogP contribution in [0.15, 0.2) is 0 Å². The Morgan fingerprint density at radius 3 is 2.40 bits per heavy atom. The molecule has 1 N–H and O–H groups in total. The van der Waals surface area contributed by atoms with E-state index in [1.165, 1.54) is 19.4 Å². The van der Waals surface area contributed by atoms with E-state index in [1.807, 2.05) is 6.92 Å². The molecule has 90 valence electrons. The molecule has 0 saturated heterocycles. The molecule has 0 unspecified atom stereocenters. The van der Waals surface area contributed by atoms with Gasteiger partial charge in [-0.3, -0.25) is 4.79 Å². The lowest BCUT2D eigenvalue weighted by Crippen LogP contribution is -2.28. The summed E-state index contributed by atoms with van der Waals surface area (Å²) >= 11 is 0. The number of unbranched alkanes of at least 4 members (excludes halogenated alkanes) is 1. The van der Waals surface area contributed by atoms with Gasteiger partial charge in [0.05, 0.1) is 0 Å². The molecule has 0 atom stereocenters. The van der Waals surface area contributed by atoms with E-state index in [-0.39, 0.29) is 5.91 Å². The number of amides is 1. The topological polar surface area (TPSA) is 32.3 Å². The molecule has 0 heterocycles. The van der Waals surface area contributed by atoms with E-state index < -0.39 is 0 Å². The number of nitrogens with one attached hydrogen (secondary N) is 1. The Morgan fingerprint density at radius 1 is 1.13 bits per heavy atom. The molecular weight excluding hydrogens is 188 g/mol. The van der Waals surface area contributed by atoms with Crippen LogP contribution in [-0.2, 0) is 4.79 Å². The molecule has 0 bridgehead atoms. The van der Waals surface area contributed by atoms with Crippen LogP contribution in [0.25, 0.3) is 0 Å². The van der Waals surface area contributed by atoms with Crippen molar-refractivity contribution >= 4 is 5.91 Å². The van der Waals surface area contributed by atoms with E-state index in [1.54, 1.807) is 0 Å². The summed E-state index contributed by atoms with van der Waals surface area (Å²) in [6, 6.07) is 0. The third-order valence-corrected chi connectivity index (χ3v) is 2.41. The van der Waals surface area contributed by atoms with Gasteiger partial charge in [0.1, 0.15) is 0 Å². The van der Waals surface area contributed by atoms with Crippen molar-refractivity contribution in [2.45, 2.75) is 46.0 Å². The maximum absolute atomic E-state index is 11.1. The van der Waals surface area contributed by atoms with Crippen molar-refractivity contribution in [1.29, 1.82) is 0 Å². The molecule has 0 spiro atoms. The lowest BCUT2D eigenvalue weighted by atomic mass is 10.3. The SMILES string of the molecule is CCCCN(C)CCCNC(=O)CCC. The predicted molar refractivity (Wildman–Crippen MR) is 64.9 cm³/mol. The molecule has 0 aromatic carbocycles. The van der Waals surface area contributed by atoms with Gasteiger partial charge in [0, 0.05) is 13.0 Å². The number of rotatable bonds is 9. The van der Waals surface area contributed by atoms with Crippen LogP contribution in [0.3, 0.4) is 0 Å². The summed E-state index contributed by atoms with van der Waals surface area (Å²) in [7, 11) is 2.14. The molecule has 0 radical (unpaired) electrons. The summed E-state index contributed by atoms with van der Waals surface area (Å²) in [4.78, 5) is 13.5. The van der Waals surface area contributed by atoms with Gasteiger partial charge in [0.25, 0.3) is 0 Å². The molecule has 0 saturated carbocycles. The molecule has 0 aromatic heterocycles. The van der Waals surface area contributed by atoms with E-state index in [0.717, 1.165) is 25.9 Å². The fourth-order valence-electron chi connectivity index (χ4n) is 1.43. The van der Waals surface area contributed by atoms with Crippen molar-refractivity contribution in [1.82, 2.24) is 10.2 Å². The maximum atomic E-state index is 11.1. The van der Waals surface area contributed by atoms with Crippen LogP contribution in [0.1, 0.15) is 46.0 Å². The highest BCUT2D eigenvalue weighted by atomic mass is 16.1. The van der Waals surface area contributed by atoms with Gasteiger partial charge in [-0.2, -0.15) is 0 Å². The van der Waals surface area contributed by atoms with Crippen molar-refractivity contribution in [3.8, 4) is 0 Å². The van der Waals surface area contributed by atoms with Crippen LogP contribution in [0.4, 0.5) is 0 Å². The zero-order valence-corrected chi connectivity index (χ0v) is 10.5. The van der Waals surface area contributed by atoms with E-state index in [0.29, 0.717) is 6.42 Å². The summed E-state index contributed by atoms with van der Waals surface area (Å²) in [5.41, 5.74) is 0. The Labute approximate surface area is 94.2 Å². The molecule has 0 fully saturated rings. The lowest BCUT2D eigenvalue weighted by molar-refractivity contribution is -0.121. The lowest BCUT2D eigenvalue weighted by Gasteiger charge is -2.15. The Hall–Kier alpha value is -0.570. The number of carbonyl (C=O) groups is 1. The number of nitrogens with zero attached hydrogens (tertiary/aromatic N) is 1. The summed E-state index contributed by atoms with van der Waals surface area (Å²) in [6.07, 6.45) is 5.15. The minimum absolute atomic E-state index is 0.189. The Bertz CT molecular complexity index is 160. The van der Waals surface area contributed by atoms with E-state index >= 15 is 0 Å². The van der Waals surface area contributed by atoms with Crippen LogP contribution in [0, 0.1) is 0 Å². The van der Waals surface area contributed by atoms with Crippen LogP contribution >= 0.6 is 0 Å². The first-order valence-electron chi connectivity index (χ1n) is 6.16. The zero-order chi connectivity index (χ0) is 11.5.